The van der Waals surface area contributed by atoms with Crippen molar-refractivity contribution in [3.63, 3.8) is 0 Å². The minimum Gasteiger partial charge on any atom is -0.354 e. The lowest BCUT2D eigenvalue weighted by Gasteiger charge is -2.24. The molecule has 0 bridgehead atoms. The van der Waals surface area contributed by atoms with Crippen LogP contribution in [0.15, 0.2) is 29.5 Å². The van der Waals surface area contributed by atoms with Gasteiger partial charge in [-0.25, -0.2) is 0 Å². The summed E-state index contributed by atoms with van der Waals surface area (Å²) in [6, 6.07) is 4.62. The highest BCUT2D eigenvalue weighted by Gasteiger charge is 2.16. The summed E-state index contributed by atoms with van der Waals surface area (Å²) in [4.78, 5) is 9.25. The highest BCUT2D eigenvalue weighted by molar-refractivity contribution is 14.0. The van der Waals surface area contributed by atoms with Gasteiger partial charge >= 0.3 is 0 Å². The highest BCUT2D eigenvalue weighted by Crippen LogP contribution is 2.17. The first kappa shape index (κ1) is 21.9. The number of hydrogen-bond donors (Lipinski definition) is 2. The third-order valence-electron chi connectivity index (χ3n) is 3.92. The lowest BCUT2D eigenvalue weighted by atomic mass is 10.1. The Bertz CT molecular complexity index is 664. The van der Waals surface area contributed by atoms with Crippen molar-refractivity contribution >= 4 is 41.3 Å². The first-order chi connectivity index (χ1) is 11.5. The van der Waals surface area contributed by atoms with E-state index in [2.05, 4.69) is 65.0 Å². The molecule has 25 heavy (non-hydrogen) atoms. The number of hydrogen-bond acceptors (Lipinski definition) is 4. The van der Waals surface area contributed by atoms with Crippen molar-refractivity contribution in [2.45, 2.75) is 25.9 Å². The Morgan fingerprint density at radius 3 is 2.56 bits per heavy atom. The average Bonchev–Trinajstić information content (AvgIpc) is 3.19. The zero-order valence-corrected chi connectivity index (χ0v) is 18.8. The molecule has 0 aromatic carbocycles. The molecule has 2 rings (SSSR count). The maximum Gasteiger partial charge on any atom is 0.191 e. The van der Waals surface area contributed by atoms with Gasteiger partial charge < -0.3 is 15.5 Å². The number of aromatic nitrogens is 2. The number of nitrogens with one attached hydrogen (secondary N) is 2. The van der Waals surface area contributed by atoms with Crippen molar-refractivity contribution in [3.05, 3.63) is 39.8 Å². The molecule has 0 fully saturated rings. The predicted octanol–water partition coefficient (Wildman–Crippen LogP) is 2.63. The van der Waals surface area contributed by atoms with Crippen LogP contribution in [0.2, 0.25) is 0 Å². The molecule has 2 aromatic heterocycles. The molecule has 0 spiro atoms. The highest BCUT2D eigenvalue weighted by atomic mass is 127. The Hall–Kier alpha value is -1.13. The minimum atomic E-state index is 0. The summed E-state index contributed by atoms with van der Waals surface area (Å²) in [5.41, 5.74) is 1.19. The lowest BCUT2D eigenvalue weighted by Crippen LogP contribution is -2.41. The van der Waals surface area contributed by atoms with E-state index < -0.39 is 0 Å². The van der Waals surface area contributed by atoms with Crippen LogP contribution in [0.5, 0.6) is 0 Å². The third-order valence-corrected chi connectivity index (χ3v) is 5.14. The minimum absolute atomic E-state index is 0. The molecule has 2 aromatic rings. The number of rotatable bonds is 7. The number of guanidine groups is 1. The van der Waals surface area contributed by atoms with Gasteiger partial charge in [0.1, 0.15) is 0 Å². The fourth-order valence-corrected chi connectivity index (χ4v) is 3.40. The van der Waals surface area contributed by atoms with Crippen LogP contribution >= 0.6 is 35.3 Å². The Balaban J connectivity index is 0.00000312. The van der Waals surface area contributed by atoms with Crippen LogP contribution < -0.4 is 10.6 Å². The van der Waals surface area contributed by atoms with Gasteiger partial charge in [0.15, 0.2) is 5.96 Å². The van der Waals surface area contributed by atoms with Crippen molar-refractivity contribution in [3.8, 4) is 0 Å². The van der Waals surface area contributed by atoms with E-state index >= 15 is 0 Å². The Morgan fingerprint density at radius 1 is 1.32 bits per heavy atom. The molecule has 1 unspecified atom stereocenters. The Labute approximate surface area is 171 Å². The number of aryl methyl sites for hydroxylation is 2. The smallest absolute Gasteiger partial charge is 0.191 e. The van der Waals surface area contributed by atoms with Crippen LogP contribution in [0.1, 0.15) is 28.3 Å². The quantitative estimate of drug-likeness (QED) is 0.367. The van der Waals surface area contributed by atoms with Crippen LogP contribution in [0, 0.1) is 0 Å². The van der Waals surface area contributed by atoms with Gasteiger partial charge in [0.2, 0.25) is 0 Å². The van der Waals surface area contributed by atoms with E-state index in [1.807, 2.05) is 29.3 Å². The van der Waals surface area contributed by atoms with Crippen molar-refractivity contribution in [2.24, 2.45) is 12.0 Å². The second-order valence-corrected chi connectivity index (χ2v) is 7.21. The van der Waals surface area contributed by atoms with Gasteiger partial charge in [0.05, 0.1) is 18.8 Å². The monoisotopic (exact) mass is 476 g/mol. The summed E-state index contributed by atoms with van der Waals surface area (Å²) in [6.45, 7) is 3.75. The predicted molar refractivity (Wildman–Crippen MR) is 117 cm³/mol. The Morgan fingerprint density at radius 2 is 2.04 bits per heavy atom. The van der Waals surface area contributed by atoms with Crippen molar-refractivity contribution in [2.75, 3.05) is 27.7 Å². The van der Waals surface area contributed by atoms with Crippen LogP contribution in [-0.4, -0.2) is 48.3 Å². The molecule has 0 aliphatic heterocycles. The van der Waals surface area contributed by atoms with Crippen LogP contribution in [0.4, 0.5) is 0 Å². The van der Waals surface area contributed by atoms with E-state index in [4.69, 9.17) is 0 Å². The summed E-state index contributed by atoms with van der Waals surface area (Å²) in [6.07, 6.45) is 5.06. The molecular formula is C17H29IN6S. The van der Waals surface area contributed by atoms with Crippen LogP contribution in [-0.2, 0) is 20.0 Å². The first-order valence-electron chi connectivity index (χ1n) is 8.20. The SMILES string of the molecule is CCc1ccc(CNC(=NC)NCC(c2cnn(C)c2)N(C)C)s1.I. The number of likely N-dealkylation sites (N-methyl/N-ethyl adjacent to an activating group) is 1. The summed E-state index contributed by atoms with van der Waals surface area (Å²) in [5, 5.41) is 11.1. The largest absolute Gasteiger partial charge is 0.354 e. The number of halogens is 1. The molecule has 0 saturated heterocycles. The van der Waals surface area contributed by atoms with Gasteiger partial charge in [-0.3, -0.25) is 9.67 Å². The maximum absolute atomic E-state index is 4.32. The van der Waals surface area contributed by atoms with E-state index in [1.165, 1.54) is 15.3 Å². The van der Waals surface area contributed by atoms with Gasteiger partial charge in [0, 0.05) is 42.2 Å². The molecule has 2 heterocycles. The van der Waals surface area contributed by atoms with E-state index in [-0.39, 0.29) is 30.0 Å². The van der Waals surface area contributed by atoms with Crippen LogP contribution in [0.3, 0.4) is 0 Å². The molecule has 8 heteroatoms. The van der Waals surface area contributed by atoms with E-state index in [9.17, 15) is 0 Å². The molecular weight excluding hydrogens is 447 g/mol. The second kappa shape index (κ2) is 10.8. The molecule has 0 aliphatic rings. The molecule has 140 valence electrons. The molecule has 1 atom stereocenters. The van der Waals surface area contributed by atoms with E-state index in [0.717, 1.165) is 25.5 Å². The van der Waals surface area contributed by atoms with Crippen molar-refractivity contribution < 1.29 is 0 Å². The zero-order chi connectivity index (χ0) is 17.5. The fourth-order valence-electron chi connectivity index (χ4n) is 2.50. The number of aliphatic imine (C=N–C) groups is 1. The zero-order valence-electron chi connectivity index (χ0n) is 15.6. The molecule has 0 radical (unpaired) electrons. The normalized spacial score (nSPS) is 12.8. The van der Waals surface area contributed by atoms with Gasteiger partial charge in [-0.15, -0.1) is 35.3 Å². The average molecular weight is 476 g/mol. The number of thiophene rings is 1. The van der Waals surface area contributed by atoms with E-state index in [0.29, 0.717) is 0 Å². The van der Waals surface area contributed by atoms with Crippen LogP contribution in [0.25, 0.3) is 0 Å². The van der Waals surface area contributed by atoms with Crippen molar-refractivity contribution in [1.82, 2.24) is 25.3 Å². The van der Waals surface area contributed by atoms with E-state index in [1.54, 1.807) is 7.05 Å². The fraction of sp³-hybridized carbons (Fsp3) is 0.529. The number of nitrogens with zero attached hydrogens (tertiary/aromatic N) is 4. The third kappa shape index (κ3) is 6.59. The topological polar surface area (TPSA) is 57.5 Å². The lowest BCUT2D eigenvalue weighted by molar-refractivity contribution is 0.298. The summed E-state index contributed by atoms with van der Waals surface area (Å²) in [5.74, 6) is 0.817. The summed E-state index contributed by atoms with van der Waals surface area (Å²) >= 11 is 1.85. The van der Waals surface area contributed by atoms with Gasteiger partial charge in [-0.1, -0.05) is 6.92 Å². The molecule has 0 amide bonds. The molecule has 0 aliphatic carbocycles. The molecule has 0 saturated carbocycles. The van der Waals surface area contributed by atoms with Gasteiger partial charge in [-0.2, -0.15) is 5.10 Å². The summed E-state index contributed by atoms with van der Waals surface area (Å²) in [7, 11) is 7.90. The van der Waals surface area contributed by atoms with Crippen molar-refractivity contribution in [1.29, 1.82) is 0 Å². The molecule has 6 nitrogen and oxygen atoms in total. The first-order valence-corrected chi connectivity index (χ1v) is 9.02. The standard InChI is InChI=1S/C17H28N6S.HI/c1-6-14-7-8-15(24-14)10-19-17(18-2)20-11-16(22(3)4)13-9-21-23(5)12-13;/h7-9,12,16H,6,10-11H2,1-5H3,(H2,18,19,20);1H. The Kier molecular flexibility index (Phi) is 9.44. The second-order valence-electron chi connectivity index (χ2n) is 5.95. The van der Waals surface area contributed by atoms with Gasteiger partial charge in [0.25, 0.3) is 0 Å². The maximum atomic E-state index is 4.32. The molecule has 2 N–H and O–H groups in total. The summed E-state index contributed by atoms with van der Waals surface area (Å²) < 4.78 is 1.83. The van der Waals surface area contributed by atoms with Gasteiger partial charge in [-0.05, 0) is 32.6 Å².